The molecule has 1 aromatic heterocycles. The van der Waals surface area contributed by atoms with Crippen LogP contribution in [0.5, 0.6) is 0 Å². The average molecular weight is 318 g/mol. The van der Waals surface area contributed by atoms with Crippen LogP contribution in [0.1, 0.15) is 0 Å². The maximum atomic E-state index is 12.3. The summed E-state index contributed by atoms with van der Waals surface area (Å²) in [5.74, 6) is 0.130. The minimum Gasteiger partial charge on any atom is -0.305 e. The highest BCUT2D eigenvalue weighted by Crippen LogP contribution is 2.27. The molecule has 0 aliphatic carbocycles. The third kappa shape index (κ3) is 3.07. The summed E-state index contributed by atoms with van der Waals surface area (Å²) in [7, 11) is 3.87. The van der Waals surface area contributed by atoms with E-state index in [9.17, 15) is 4.79 Å². The Hall–Kier alpha value is -0.430. The molecule has 1 saturated heterocycles. The molecule has 17 heavy (non-hydrogen) atoms. The van der Waals surface area contributed by atoms with Gasteiger partial charge in [-0.25, -0.2) is 0 Å². The molecule has 2 rings (SSSR count). The van der Waals surface area contributed by atoms with Crippen molar-refractivity contribution in [2.24, 2.45) is 0 Å². The summed E-state index contributed by atoms with van der Waals surface area (Å²) in [5.41, 5.74) is 0. The van der Waals surface area contributed by atoms with Gasteiger partial charge in [-0.2, -0.15) is 0 Å². The Labute approximate surface area is 114 Å². The highest BCUT2D eigenvalue weighted by Gasteiger charge is 2.27. The molecule has 94 valence electrons. The third-order valence-electron chi connectivity index (χ3n) is 2.89. The summed E-state index contributed by atoms with van der Waals surface area (Å²) >= 11 is 4.97. The highest BCUT2D eigenvalue weighted by molar-refractivity contribution is 9.10. The second-order valence-electron chi connectivity index (χ2n) is 4.27. The molecule has 6 heteroatoms. The van der Waals surface area contributed by atoms with Crippen molar-refractivity contribution < 1.29 is 4.79 Å². The van der Waals surface area contributed by atoms with E-state index in [4.69, 9.17) is 0 Å². The molecule has 1 aliphatic heterocycles. The summed E-state index contributed by atoms with van der Waals surface area (Å²) in [5, 5.41) is 6.22. The second kappa shape index (κ2) is 5.48. The topological polar surface area (TPSA) is 35.6 Å². The maximum absolute atomic E-state index is 12.3. The van der Waals surface area contributed by atoms with Gasteiger partial charge in [0.25, 0.3) is 0 Å². The van der Waals surface area contributed by atoms with Gasteiger partial charge >= 0.3 is 0 Å². The SMILES string of the molecule is CN1CCNC(C(=O)N(C)c2cc(Br)cs2)C1. The summed E-state index contributed by atoms with van der Waals surface area (Å²) in [4.78, 5) is 16.2. The first-order valence-corrected chi connectivity index (χ1v) is 7.18. The summed E-state index contributed by atoms with van der Waals surface area (Å²) in [6, 6.07) is 1.87. The van der Waals surface area contributed by atoms with Crippen molar-refractivity contribution in [3.8, 4) is 0 Å². The first-order chi connectivity index (χ1) is 8.08. The first-order valence-electron chi connectivity index (χ1n) is 5.51. The van der Waals surface area contributed by atoms with Crippen LogP contribution >= 0.6 is 27.3 Å². The highest BCUT2D eigenvalue weighted by atomic mass is 79.9. The van der Waals surface area contributed by atoms with Crippen LogP contribution in [0.25, 0.3) is 0 Å². The van der Waals surface area contributed by atoms with Crippen molar-refractivity contribution in [2.45, 2.75) is 6.04 Å². The monoisotopic (exact) mass is 317 g/mol. The molecule has 1 N–H and O–H groups in total. The van der Waals surface area contributed by atoms with Crippen LogP contribution in [0.3, 0.4) is 0 Å². The quantitative estimate of drug-likeness (QED) is 0.895. The number of likely N-dealkylation sites (N-methyl/N-ethyl adjacent to an activating group) is 2. The number of nitrogens with zero attached hydrogens (tertiary/aromatic N) is 2. The Morgan fingerprint density at radius 2 is 2.47 bits per heavy atom. The zero-order chi connectivity index (χ0) is 12.4. The average Bonchev–Trinajstić information content (AvgIpc) is 2.74. The number of rotatable bonds is 2. The number of anilines is 1. The van der Waals surface area contributed by atoms with Crippen LogP contribution in [0.15, 0.2) is 15.9 Å². The van der Waals surface area contributed by atoms with Crippen molar-refractivity contribution >= 4 is 38.2 Å². The van der Waals surface area contributed by atoms with Crippen molar-refractivity contribution in [1.82, 2.24) is 10.2 Å². The predicted octanol–water partition coefficient (Wildman–Crippen LogP) is 1.38. The number of thiophene rings is 1. The molecule has 1 aromatic rings. The molecule has 0 bridgehead atoms. The first kappa shape index (κ1) is 13.0. The number of carbonyl (C=O) groups excluding carboxylic acids is 1. The van der Waals surface area contributed by atoms with Crippen LogP contribution in [0, 0.1) is 0 Å². The molecule has 1 unspecified atom stereocenters. The molecule has 1 amide bonds. The zero-order valence-electron chi connectivity index (χ0n) is 9.94. The lowest BCUT2D eigenvalue weighted by Crippen LogP contribution is -2.56. The van der Waals surface area contributed by atoms with Crippen LogP contribution < -0.4 is 10.2 Å². The van der Waals surface area contributed by atoms with Gasteiger partial charge in [-0.3, -0.25) is 4.79 Å². The fraction of sp³-hybridized carbons (Fsp3) is 0.545. The van der Waals surface area contributed by atoms with Gasteiger partial charge < -0.3 is 15.1 Å². The lowest BCUT2D eigenvalue weighted by atomic mass is 10.2. The van der Waals surface area contributed by atoms with E-state index in [1.165, 1.54) is 0 Å². The standard InChI is InChI=1S/C11H16BrN3OS/c1-14-4-3-13-9(6-14)11(16)15(2)10-5-8(12)7-17-10/h5,7,9,13H,3-4,6H2,1-2H3. The normalized spacial score (nSPS) is 21.5. The van der Waals surface area contributed by atoms with Gasteiger partial charge in [-0.05, 0) is 29.0 Å². The molecule has 1 fully saturated rings. The number of amides is 1. The molecule has 2 heterocycles. The lowest BCUT2D eigenvalue weighted by molar-refractivity contribution is -0.121. The third-order valence-corrected chi connectivity index (χ3v) is 4.66. The minimum atomic E-state index is -0.0976. The maximum Gasteiger partial charge on any atom is 0.245 e. The molecule has 0 radical (unpaired) electrons. The minimum absolute atomic E-state index is 0.0976. The molecule has 1 atom stereocenters. The van der Waals surface area contributed by atoms with E-state index in [1.54, 1.807) is 16.2 Å². The van der Waals surface area contributed by atoms with Crippen LogP contribution in [0.4, 0.5) is 5.00 Å². The largest absolute Gasteiger partial charge is 0.305 e. The molecule has 0 aromatic carbocycles. The van der Waals surface area contributed by atoms with Crippen molar-refractivity contribution in [3.63, 3.8) is 0 Å². The Morgan fingerprint density at radius 1 is 1.71 bits per heavy atom. The van der Waals surface area contributed by atoms with Gasteiger partial charge in [0.1, 0.15) is 6.04 Å². The van der Waals surface area contributed by atoms with Crippen LogP contribution in [-0.4, -0.2) is 50.6 Å². The summed E-state index contributed by atoms with van der Waals surface area (Å²) in [6.07, 6.45) is 0. The zero-order valence-corrected chi connectivity index (χ0v) is 12.3. The van der Waals surface area contributed by atoms with E-state index in [-0.39, 0.29) is 11.9 Å². The Morgan fingerprint density at radius 3 is 3.06 bits per heavy atom. The lowest BCUT2D eigenvalue weighted by Gasteiger charge is -2.32. The fourth-order valence-electron chi connectivity index (χ4n) is 1.88. The van der Waals surface area contributed by atoms with Gasteiger partial charge in [-0.15, -0.1) is 11.3 Å². The van der Waals surface area contributed by atoms with E-state index in [0.717, 1.165) is 29.1 Å². The molecule has 1 aliphatic rings. The van der Waals surface area contributed by atoms with E-state index in [1.807, 2.05) is 25.5 Å². The van der Waals surface area contributed by atoms with Gasteiger partial charge in [0.15, 0.2) is 0 Å². The van der Waals surface area contributed by atoms with E-state index >= 15 is 0 Å². The second-order valence-corrected chi connectivity index (χ2v) is 6.07. The fourth-order valence-corrected chi connectivity index (χ4v) is 3.28. The number of halogens is 1. The Kier molecular flexibility index (Phi) is 4.19. The van der Waals surface area contributed by atoms with Crippen molar-refractivity contribution in [2.75, 3.05) is 38.6 Å². The van der Waals surface area contributed by atoms with Gasteiger partial charge in [0.2, 0.25) is 5.91 Å². The number of hydrogen-bond donors (Lipinski definition) is 1. The van der Waals surface area contributed by atoms with Gasteiger partial charge in [0, 0.05) is 36.5 Å². The number of carbonyl (C=O) groups is 1. The van der Waals surface area contributed by atoms with Crippen LogP contribution in [-0.2, 0) is 4.79 Å². The number of nitrogens with one attached hydrogen (secondary N) is 1. The Bertz CT molecular complexity index is 409. The molecular weight excluding hydrogens is 302 g/mol. The van der Waals surface area contributed by atoms with Crippen molar-refractivity contribution in [3.05, 3.63) is 15.9 Å². The molecule has 0 saturated carbocycles. The summed E-state index contributed by atoms with van der Waals surface area (Å²) < 4.78 is 1.02. The van der Waals surface area contributed by atoms with E-state index < -0.39 is 0 Å². The van der Waals surface area contributed by atoms with E-state index in [0.29, 0.717) is 0 Å². The van der Waals surface area contributed by atoms with E-state index in [2.05, 4.69) is 26.1 Å². The van der Waals surface area contributed by atoms with Gasteiger partial charge in [-0.1, -0.05) is 0 Å². The molecular formula is C11H16BrN3OS. The number of hydrogen-bond acceptors (Lipinski definition) is 4. The van der Waals surface area contributed by atoms with Gasteiger partial charge in [0.05, 0.1) is 5.00 Å². The predicted molar refractivity (Wildman–Crippen MR) is 74.7 cm³/mol. The smallest absolute Gasteiger partial charge is 0.245 e. The van der Waals surface area contributed by atoms with Crippen molar-refractivity contribution in [1.29, 1.82) is 0 Å². The Balaban J connectivity index is 2.04. The van der Waals surface area contributed by atoms with Crippen LogP contribution in [0.2, 0.25) is 0 Å². The molecule has 4 nitrogen and oxygen atoms in total. The molecule has 0 spiro atoms. The summed E-state index contributed by atoms with van der Waals surface area (Å²) in [6.45, 7) is 2.64. The number of piperazine rings is 1.